The van der Waals surface area contributed by atoms with Gasteiger partial charge in [-0.1, -0.05) is 91.0 Å². The molecule has 0 spiro atoms. The maximum absolute atomic E-state index is 10.5. The largest absolute Gasteiger partial charge is 0.374 e. The topological polar surface area (TPSA) is 57.2 Å². The molecule has 31 heavy (non-hydrogen) atoms. The summed E-state index contributed by atoms with van der Waals surface area (Å²) in [6.45, 7) is 1.55. The maximum Gasteiger partial charge on any atom is 0.184 e. The van der Waals surface area contributed by atoms with E-state index in [9.17, 15) is 5.11 Å². The van der Waals surface area contributed by atoms with Crippen LogP contribution in [0, 0.1) is 0 Å². The molecule has 4 atom stereocenters. The summed E-state index contributed by atoms with van der Waals surface area (Å²) in [7, 11) is 0. The molecule has 3 aromatic carbocycles. The Morgan fingerprint density at radius 2 is 1.06 bits per heavy atom. The van der Waals surface area contributed by atoms with Gasteiger partial charge in [-0.3, -0.25) is 0 Å². The van der Waals surface area contributed by atoms with Crippen LogP contribution in [0.3, 0.4) is 0 Å². The number of benzene rings is 3. The summed E-state index contributed by atoms with van der Waals surface area (Å²) in [5.41, 5.74) is 3.16. The van der Waals surface area contributed by atoms with E-state index in [2.05, 4.69) is 0 Å². The summed E-state index contributed by atoms with van der Waals surface area (Å²) in [6.07, 6.45) is -2.55. The van der Waals surface area contributed by atoms with Crippen LogP contribution in [0.25, 0.3) is 0 Å². The van der Waals surface area contributed by atoms with E-state index in [1.165, 1.54) is 0 Å². The van der Waals surface area contributed by atoms with Gasteiger partial charge in [-0.25, -0.2) is 0 Å². The number of hydrogen-bond donors (Lipinski definition) is 1. The fourth-order valence-electron chi connectivity index (χ4n) is 3.62. The van der Waals surface area contributed by atoms with Crippen molar-refractivity contribution in [2.75, 3.05) is 6.61 Å². The highest BCUT2D eigenvalue weighted by atomic mass is 16.7. The van der Waals surface area contributed by atoms with Gasteiger partial charge in [0.05, 0.1) is 26.4 Å². The summed E-state index contributed by atoms with van der Waals surface area (Å²) < 4.78 is 23.9. The molecular weight excluding hydrogens is 392 g/mol. The first-order chi connectivity index (χ1) is 15.3. The van der Waals surface area contributed by atoms with Gasteiger partial charge in [0.2, 0.25) is 0 Å². The molecule has 0 aromatic heterocycles. The van der Waals surface area contributed by atoms with E-state index >= 15 is 0 Å². The predicted octanol–water partition coefficient (Wildman–Crippen LogP) is 4.09. The number of aliphatic hydroxyl groups excluding tert-OH is 1. The number of rotatable bonds is 10. The van der Waals surface area contributed by atoms with Crippen LogP contribution in [-0.2, 0) is 38.8 Å². The van der Waals surface area contributed by atoms with Crippen LogP contribution >= 0.6 is 0 Å². The van der Waals surface area contributed by atoms with Crippen LogP contribution in [0.5, 0.6) is 0 Å². The summed E-state index contributed by atoms with van der Waals surface area (Å²) >= 11 is 0. The Morgan fingerprint density at radius 1 is 0.613 bits per heavy atom. The highest BCUT2D eigenvalue weighted by Crippen LogP contribution is 2.28. The third kappa shape index (κ3) is 6.23. The summed E-state index contributed by atoms with van der Waals surface area (Å²) in [5.74, 6) is 0. The fourth-order valence-corrected chi connectivity index (χ4v) is 3.62. The molecule has 1 N–H and O–H groups in total. The summed E-state index contributed by atoms with van der Waals surface area (Å²) in [6, 6.07) is 29.8. The third-order valence-electron chi connectivity index (χ3n) is 5.25. The van der Waals surface area contributed by atoms with Gasteiger partial charge in [-0.05, 0) is 16.7 Å². The van der Waals surface area contributed by atoms with Gasteiger partial charge >= 0.3 is 0 Å². The minimum absolute atomic E-state index is 0.302. The Kier molecular flexibility index (Phi) is 7.82. The van der Waals surface area contributed by atoms with E-state index in [0.29, 0.717) is 26.4 Å². The van der Waals surface area contributed by atoms with Crippen molar-refractivity contribution >= 4 is 0 Å². The Labute approximate surface area is 183 Å². The monoisotopic (exact) mass is 420 g/mol. The zero-order valence-electron chi connectivity index (χ0n) is 17.4. The molecule has 0 aliphatic carbocycles. The molecule has 1 aliphatic rings. The second kappa shape index (κ2) is 11.2. The molecule has 3 aromatic rings. The zero-order chi connectivity index (χ0) is 21.3. The second-order valence-electron chi connectivity index (χ2n) is 7.59. The number of aliphatic hydroxyl groups is 1. The standard InChI is InChI=1S/C26H28O5/c27-26-25(30-18-22-14-8-3-9-15-22)24(29-17-21-12-6-2-7-13-21)23(31-26)19-28-16-20-10-4-1-5-11-20/h1-15,23-27H,16-19H2/t23-,24-,25+,26+/m0/s1. The Hall–Kier alpha value is -2.54. The van der Waals surface area contributed by atoms with E-state index < -0.39 is 24.6 Å². The van der Waals surface area contributed by atoms with Gasteiger partial charge in [-0.15, -0.1) is 0 Å². The van der Waals surface area contributed by atoms with E-state index in [1.807, 2.05) is 91.0 Å². The van der Waals surface area contributed by atoms with Crippen molar-refractivity contribution in [2.24, 2.45) is 0 Å². The lowest BCUT2D eigenvalue weighted by Crippen LogP contribution is -2.39. The van der Waals surface area contributed by atoms with E-state index in [-0.39, 0.29) is 0 Å². The first kappa shape index (κ1) is 21.7. The lowest BCUT2D eigenvalue weighted by atomic mass is 10.1. The van der Waals surface area contributed by atoms with Crippen LogP contribution in [0.15, 0.2) is 91.0 Å². The van der Waals surface area contributed by atoms with Gasteiger partial charge in [0, 0.05) is 0 Å². The second-order valence-corrected chi connectivity index (χ2v) is 7.59. The Bertz CT molecular complexity index is 887. The summed E-state index contributed by atoms with van der Waals surface area (Å²) in [5, 5.41) is 10.5. The van der Waals surface area contributed by atoms with E-state index in [1.54, 1.807) is 0 Å². The molecule has 0 unspecified atom stereocenters. The van der Waals surface area contributed by atoms with Crippen molar-refractivity contribution in [3.63, 3.8) is 0 Å². The molecule has 1 heterocycles. The number of ether oxygens (including phenoxy) is 4. The molecular formula is C26H28O5. The predicted molar refractivity (Wildman–Crippen MR) is 117 cm³/mol. The maximum atomic E-state index is 10.5. The molecule has 5 heteroatoms. The molecule has 5 nitrogen and oxygen atoms in total. The van der Waals surface area contributed by atoms with Crippen molar-refractivity contribution in [3.8, 4) is 0 Å². The van der Waals surface area contributed by atoms with Crippen molar-refractivity contribution in [2.45, 2.75) is 44.4 Å². The molecule has 162 valence electrons. The molecule has 1 aliphatic heterocycles. The quantitative estimate of drug-likeness (QED) is 0.535. The molecule has 1 fully saturated rings. The third-order valence-corrected chi connectivity index (χ3v) is 5.25. The molecule has 0 bridgehead atoms. The summed E-state index contributed by atoms with van der Waals surface area (Å²) in [4.78, 5) is 0. The molecule has 4 rings (SSSR count). The minimum atomic E-state index is -1.07. The van der Waals surface area contributed by atoms with E-state index in [0.717, 1.165) is 16.7 Å². The van der Waals surface area contributed by atoms with Gasteiger partial charge in [0.15, 0.2) is 6.29 Å². The average molecular weight is 421 g/mol. The lowest BCUT2D eigenvalue weighted by Gasteiger charge is -2.24. The van der Waals surface area contributed by atoms with Crippen LogP contribution < -0.4 is 0 Å². The van der Waals surface area contributed by atoms with Crippen LogP contribution in [0.4, 0.5) is 0 Å². The molecule has 1 saturated heterocycles. The minimum Gasteiger partial charge on any atom is -0.374 e. The van der Waals surface area contributed by atoms with Gasteiger partial charge in [0.25, 0.3) is 0 Å². The van der Waals surface area contributed by atoms with Gasteiger partial charge in [0.1, 0.15) is 18.3 Å². The van der Waals surface area contributed by atoms with Crippen molar-refractivity contribution in [1.29, 1.82) is 0 Å². The van der Waals surface area contributed by atoms with Crippen LogP contribution in [0.1, 0.15) is 16.7 Å². The van der Waals surface area contributed by atoms with Crippen molar-refractivity contribution < 1.29 is 24.1 Å². The Balaban J connectivity index is 1.39. The highest BCUT2D eigenvalue weighted by molar-refractivity contribution is 5.15. The van der Waals surface area contributed by atoms with Crippen molar-refractivity contribution in [1.82, 2.24) is 0 Å². The normalized spacial score (nSPS) is 23.1. The fraction of sp³-hybridized carbons (Fsp3) is 0.308. The first-order valence-electron chi connectivity index (χ1n) is 10.6. The van der Waals surface area contributed by atoms with Gasteiger partial charge < -0.3 is 24.1 Å². The van der Waals surface area contributed by atoms with Crippen LogP contribution in [0.2, 0.25) is 0 Å². The van der Waals surface area contributed by atoms with Crippen LogP contribution in [-0.4, -0.2) is 36.3 Å². The Morgan fingerprint density at radius 3 is 1.58 bits per heavy atom. The number of hydrogen-bond acceptors (Lipinski definition) is 5. The molecule has 0 saturated carbocycles. The first-order valence-corrected chi connectivity index (χ1v) is 10.6. The smallest absolute Gasteiger partial charge is 0.184 e. The lowest BCUT2D eigenvalue weighted by molar-refractivity contribution is -0.153. The van der Waals surface area contributed by atoms with Gasteiger partial charge in [-0.2, -0.15) is 0 Å². The zero-order valence-corrected chi connectivity index (χ0v) is 17.4. The highest BCUT2D eigenvalue weighted by Gasteiger charge is 2.45. The van der Waals surface area contributed by atoms with E-state index in [4.69, 9.17) is 18.9 Å². The molecule has 0 amide bonds. The molecule has 0 radical (unpaired) electrons. The average Bonchev–Trinajstić information content (AvgIpc) is 3.12. The van der Waals surface area contributed by atoms with Crippen molar-refractivity contribution in [3.05, 3.63) is 108 Å². The SMILES string of the molecule is O[C@@H]1O[C@@H](COCc2ccccc2)[C@H](OCc2ccccc2)[C@H]1OCc1ccccc1.